The van der Waals surface area contributed by atoms with Gasteiger partial charge < -0.3 is 14.7 Å². The van der Waals surface area contributed by atoms with Crippen molar-refractivity contribution in [2.45, 2.75) is 38.9 Å². The van der Waals surface area contributed by atoms with Crippen LogP contribution < -0.4 is 0 Å². The maximum absolute atomic E-state index is 12.0. The molecule has 0 saturated carbocycles. The van der Waals surface area contributed by atoms with E-state index >= 15 is 0 Å². The Morgan fingerprint density at radius 1 is 1.30 bits per heavy atom. The minimum absolute atomic E-state index is 0.213. The monoisotopic (exact) mass is 277 g/mol. The lowest BCUT2D eigenvalue weighted by Gasteiger charge is -2.40. The van der Waals surface area contributed by atoms with Crippen LogP contribution in [0.4, 0.5) is 4.79 Å². The molecule has 0 aliphatic carbocycles. The smallest absolute Gasteiger partial charge is 0.410 e. The summed E-state index contributed by atoms with van der Waals surface area (Å²) in [6.45, 7) is 5.45. The van der Waals surface area contributed by atoms with Crippen LogP contribution in [0.2, 0.25) is 0 Å². The second kappa shape index (κ2) is 6.27. The second-order valence-electron chi connectivity index (χ2n) is 5.79. The zero-order valence-electron chi connectivity index (χ0n) is 12.2. The highest BCUT2D eigenvalue weighted by molar-refractivity contribution is 5.67. The zero-order valence-corrected chi connectivity index (χ0v) is 12.2. The van der Waals surface area contributed by atoms with Gasteiger partial charge in [0.2, 0.25) is 0 Å². The highest BCUT2D eigenvalue weighted by Gasteiger charge is 2.36. The van der Waals surface area contributed by atoms with Gasteiger partial charge in [-0.05, 0) is 24.3 Å². The van der Waals surface area contributed by atoms with E-state index in [1.807, 2.05) is 44.2 Å². The van der Waals surface area contributed by atoms with Gasteiger partial charge in [-0.15, -0.1) is 0 Å². The van der Waals surface area contributed by atoms with Crippen LogP contribution in [0.5, 0.6) is 0 Å². The number of piperidine rings is 1. The molecule has 1 aromatic rings. The summed E-state index contributed by atoms with van der Waals surface area (Å²) in [5.74, 6) is 0.213. The van der Waals surface area contributed by atoms with E-state index in [4.69, 9.17) is 4.74 Å². The molecule has 4 heteroatoms. The fourth-order valence-electron chi connectivity index (χ4n) is 2.46. The van der Waals surface area contributed by atoms with Gasteiger partial charge in [0.25, 0.3) is 0 Å². The predicted molar refractivity (Wildman–Crippen MR) is 77.2 cm³/mol. The Labute approximate surface area is 120 Å². The summed E-state index contributed by atoms with van der Waals surface area (Å²) in [5, 5.41) is 10.4. The van der Waals surface area contributed by atoms with Gasteiger partial charge in [-0.3, -0.25) is 0 Å². The Morgan fingerprint density at radius 2 is 1.90 bits per heavy atom. The Kier molecular flexibility index (Phi) is 4.65. The summed E-state index contributed by atoms with van der Waals surface area (Å²) in [5.41, 5.74) is 0.340. The minimum Gasteiger partial charge on any atom is -0.445 e. The number of aliphatic hydroxyl groups is 1. The summed E-state index contributed by atoms with van der Waals surface area (Å²) >= 11 is 0. The van der Waals surface area contributed by atoms with Crippen LogP contribution in [0.15, 0.2) is 30.3 Å². The highest BCUT2D eigenvalue weighted by atomic mass is 16.6. The largest absolute Gasteiger partial charge is 0.445 e. The molecule has 1 heterocycles. The van der Waals surface area contributed by atoms with Crippen LogP contribution in [0.3, 0.4) is 0 Å². The van der Waals surface area contributed by atoms with Gasteiger partial charge in [0, 0.05) is 13.1 Å². The molecule has 1 N–H and O–H groups in total. The molecule has 1 aliphatic rings. The lowest BCUT2D eigenvalue weighted by Crippen LogP contribution is -2.49. The third-order valence-electron chi connectivity index (χ3n) is 4.17. The van der Waals surface area contributed by atoms with Crippen LogP contribution in [0, 0.1) is 5.92 Å². The van der Waals surface area contributed by atoms with Crippen molar-refractivity contribution in [2.24, 2.45) is 5.92 Å². The molecule has 0 spiro atoms. The molecule has 2 rings (SSSR count). The molecule has 110 valence electrons. The molecule has 1 saturated heterocycles. The van der Waals surface area contributed by atoms with Gasteiger partial charge in [0.05, 0.1) is 5.60 Å². The first kappa shape index (κ1) is 14.9. The van der Waals surface area contributed by atoms with Crippen molar-refractivity contribution in [3.05, 3.63) is 35.9 Å². The number of hydrogen-bond donors (Lipinski definition) is 1. The number of amides is 1. The minimum atomic E-state index is -0.643. The van der Waals surface area contributed by atoms with E-state index in [2.05, 4.69) is 0 Å². The van der Waals surface area contributed by atoms with Crippen LogP contribution in [-0.2, 0) is 11.3 Å². The lowest BCUT2D eigenvalue weighted by atomic mass is 9.82. The summed E-state index contributed by atoms with van der Waals surface area (Å²) < 4.78 is 5.30. The fraction of sp³-hybridized carbons (Fsp3) is 0.562. The second-order valence-corrected chi connectivity index (χ2v) is 5.79. The molecule has 1 aromatic carbocycles. The van der Waals surface area contributed by atoms with Crippen molar-refractivity contribution in [2.75, 3.05) is 13.1 Å². The van der Waals surface area contributed by atoms with Crippen molar-refractivity contribution in [1.29, 1.82) is 0 Å². The van der Waals surface area contributed by atoms with Gasteiger partial charge in [0.1, 0.15) is 6.61 Å². The molecular formula is C16H23NO3. The Bertz CT molecular complexity index is 436. The molecule has 0 atom stereocenters. The lowest BCUT2D eigenvalue weighted by molar-refractivity contribution is -0.0545. The van der Waals surface area contributed by atoms with Gasteiger partial charge >= 0.3 is 6.09 Å². The van der Waals surface area contributed by atoms with E-state index in [1.54, 1.807) is 4.90 Å². The number of hydrogen-bond acceptors (Lipinski definition) is 3. The maximum Gasteiger partial charge on any atom is 0.410 e. The van der Waals surface area contributed by atoms with Crippen molar-refractivity contribution in [3.63, 3.8) is 0 Å². The Balaban J connectivity index is 1.80. The average Bonchev–Trinajstić information content (AvgIpc) is 2.46. The number of benzene rings is 1. The molecule has 0 aromatic heterocycles. The number of nitrogens with zero attached hydrogens (tertiary/aromatic N) is 1. The van der Waals surface area contributed by atoms with Crippen LogP contribution in [-0.4, -0.2) is 34.8 Å². The molecule has 20 heavy (non-hydrogen) atoms. The first-order chi connectivity index (χ1) is 9.51. The highest BCUT2D eigenvalue weighted by Crippen LogP contribution is 2.29. The predicted octanol–water partition coefficient (Wildman–Crippen LogP) is 2.81. The molecule has 1 fully saturated rings. The topological polar surface area (TPSA) is 49.8 Å². The summed E-state index contributed by atoms with van der Waals surface area (Å²) in [6, 6.07) is 9.64. The van der Waals surface area contributed by atoms with Crippen LogP contribution >= 0.6 is 0 Å². The van der Waals surface area contributed by atoms with E-state index in [0.717, 1.165) is 5.56 Å². The molecule has 0 unspecified atom stereocenters. The molecular weight excluding hydrogens is 254 g/mol. The normalized spacial score (nSPS) is 18.1. The molecule has 0 radical (unpaired) electrons. The van der Waals surface area contributed by atoms with Gasteiger partial charge in [0.15, 0.2) is 0 Å². The first-order valence-corrected chi connectivity index (χ1v) is 7.19. The number of rotatable bonds is 3. The number of likely N-dealkylation sites (tertiary alicyclic amines) is 1. The van der Waals surface area contributed by atoms with Crippen molar-refractivity contribution >= 4 is 6.09 Å². The van der Waals surface area contributed by atoms with E-state index in [-0.39, 0.29) is 12.0 Å². The molecule has 0 bridgehead atoms. The zero-order chi connectivity index (χ0) is 14.6. The van der Waals surface area contributed by atoms with E-state index in [9.17, 15) is 9.90 Å². The number of ether oxygens (including phenoxy) is 1. The molecule has 4 nitrogen and oxygen atoms in total. The molecule has 1 amide bonds. The van der Waals surface area contributed by atoms with Crippen LogP contribution in [0.25, 0.3) is 0 Å². The van der Waals surface area contributed by atoms with Crippen molar-refractivity contribution in [3.8, 4) is 0 Å². The third kappa shape index (κ3) is 3.51. The first-order valence-electron chi connectivity index (χ1n) is 7.19. The van der Waals surface area contributed by atoms with Crippen LogP contribution in [0.1, 0.15) is 32.3 Å². The number of carbonyl (C=O) groups is 1. The van der Waals surface area contributed by atoms with E-state index < -0.39 is 5.60 Å². The van der Waals surface area contributed by atoms with Gasteiger partial charge in [-0.25, -0.2) is 4.79 Å². The quantitative estimate of drug-likeness (QED) is 0.924. The fourth-order valence-corrected chi connectivity index (χ4v) is 2.46. The van der Waals surface area contributed by atoms with E-state index in [0.29, 0.717) is 32.5 Å². The average molecular weight is 277 g/mol. The van der Waals surface area contributed by atoms with Crippen molar-refractivity contribution < 1.29 is 14.6 Å². The Morgan fingerprint density at radius 3 is 2.45 bits per heavy atom. The maximum atomic E-state index is 12.0. The Hall–Kier alpha value is -1.55. The van der Waals surface area contributed by atoms with E-state index in [1.165, 1.54) is 0 Å². The van der Waals surface area contributed by atoms with Gasteiger partial charge in [-0.2, -0.15) is 0 Å². The summed E-state index contributed by atoms with van der Waals surface area (Å²) in [4.78, 5) is 13.7. The van der Waals surface area contributed by atoms with Gasteiger partial charge in [-0.1, -0.05) is 44.2 Å². The SMILES string of the molecule is CC(C)C1(O)CCN(C(=O)OCc2ccccc2)CC1. The standard InChI is InChI=1S/C16H23NO3/c1-13(2)16(19)8-10-17(11-9-16)15(18)20-12-14-6-4-3-5-7-14/h3-7,13,19H,8-12H2,1-2H3. The summed E-state index contributed by atoms with van der Waals surface area (Å²) in [7, 11) is 0. The number of carbonyl (C=O) groups excluding carboxylic acids is 1. The summed E-state index contributed by atoms with van der Waals surface area (Å²) in [6.07, 6.45) is 0.940. The molecule has 1 aliphatic heterocycles. The van der Waals surface area contributed by atoms with Crippen molar-refractivity contribution in [1.82, 2.24) is 4.90 Å². The third-order valence-corrected chi connectivity index (χ3v) is 4.17.